The molecule has 0 atom stereocenters. The average Bonchev–Trinajstić information content (AvgIpc) is 2.11. The fourth-order valence-corrected chi connectivity index (χ4v) is 0.683. The smallest absolute Gasteiger partial charge is 0.248 e. The molecule has 0 aromatic carbocycles. The second kappa shape index (κ2) is 8.16. The van der Waals surface area contributed by atoms with E-state index in [0.29, 0.717) is 5.57 Å². The van der Waals surface area contributed by atoms with Gasteiger partial charge in [-0.1, -0.05) is 6.58 Å². The summed E-state index contributed by atoms with van der Waals surface area (Å²) in [5.74, 6) is -1.41. The van der Waals surface area contributed by atoms with Crippen molar-refractivity contribution in [3.8, 4) is 0 Å². The maximum absolute atomic E-state index is 8.52. The molecule has 14 heavy (non-hydrogen) atoms. The molecule has 86 valence electrons. The van der Waals surface area contributed by atoms with Crippen LogP contribution in [0.15, 0.2) is 12.2 Å². The summed E-state index contributed by atoms with van der Waals surface area (Å²) in [7, 11) is 0. The van der Waals surface area contributed by atoms with Crippen LogP contribution >= 0.6 is 12.4 Å². The molecule has 0 bridgehead atoms. The SMILES string of the molecule is C=C(C)C(N)(OCCO)OCCO.Cl. The summed E-state index contributed by atoms with van der Waals surface area (Å²) >= 11 is 0. The highest BCUT2D eigenvalue weighted by Gasteiger charge is 2.27. The predicted octanol–water partition coefficient (Wildman–Crippen LogP) is -0.385. The van der Waals surface area contributed by atoms with Crippen LogP contribution in [0.4, 0.5) is 0 Å². The van der Waals surface area contributed by atoms with Gasteiger partial charge < -0.3 is 19.7 Å². The van der Waals surface area contributed by atoms with Crippen molar-refractivity contribution in [2.24, 2.45) is 5.73 Å². The predicted molar refractivity (Wildman–Crippen MR) is 55.1 cm³/mol. The molecule has 5 nitrogen and oxygen atoms in total. The molecular weight excluding hydrogens is 210 g/mol. The molecule has 0 unspecified atom stereocenters. The third-order valence-electron chi connectivity index (χ3n) is 1.41. The number of hydrogen-bond acceptors (Lipinski definition) is 5. The van der Waals surface area contributed by atoms with Crippen LogP contribution in [0, 0.1) is 0 Å². The Bertz CT molecular complexity index is 157. The Morgan fingerprint density at radius 2 is 1.64 bits per heavy atom. The molecule has 0 aliphatic carbocycles. The van der Waals surface area contributed by atoms with Gasteiger partial charge in [0.1, 0.15) is 0 Å². The van der Waals surface area contributed by atoms with Gasteiger partial charge >= 0.3 is 0 Å². The fourth-order valence-electron chi connectivity index (χ4n) is 0.683. The summed E-state index contributed by atoms with van der Waals surface area (Å²) in [6.45, 7) is 5.08. The highest BCUT2D eigenvalue weighted by Crippen LogP contribution is 2.14. The highest BCUT2D eigenvalue weighted by atomic mass is 35.5. The first kappa shape index (κ1) is 16.3. The number of aliphatic hydroxyl groups excluding tert-OH is 2. The van der Waals surface area contributed by atoms with Gasteiger partial charge in [0.2, 0.25) is 5.91 Å². The Morgan fingerprint density at radius 3 is 1.86 bits per heavy atom. The summed E-state index contributed by atoms with van der Waals surface area (Å²) in [6.07, 6.45) is 0. The molecule has 0 rings (SSSR count). The van der Waals surface area contributed by atoms with Crippen LogP contribution in [0.3, 0.4) is 0 Å². The van der Waals surface area contributed by atoms with Crippen LogP contribution in [-0.2, 0) is 9.47 Å². The van der Waals surface area contributed by atoms with Crippen molar-refractivity contribution in [2.45, 2.75) is 12.8 Å². The van der Waals surface area contributed by atoms with Gasteiger partial charge in [0.15, 0.2) is 0 Å². The highest BCUT2D eigenvalue weighted by molar-refractivity contribution is 5.85. The zero-order valence-corrected chi connectivity index (χ0v) is 9.05. The molecule has 0 saturated carbocycles. The van der Waals surface area contributed by atoms with Gasteiger partial charge in [0, 0.05) is 0 Å². The van der Waals surface area contributed by atoms with Crippen molar-refractivity contribution in [1.82, 2.24) is 0 Å². The Morgan fingerprint density at radius 1 is 1.29 bits per heavy atom. The minimum Gasteiger partial charge on any atom is -0.394 e. The number of ether oxygens (including phenoxy) is 2. The molecule has 0 saturated heterocycles. The summed E-state index contributed by atoms with van der Waals surface area (Å²) in [6, 6.07) is 0. The third kappa shape index (κ3) is 5.54. The van der Waals surface area contributed by atoms with E-state index in [-0.39, 0.29) is 38.8 Å². The second-order valence-corrected chi connectivity index (χ2v) is 2.59. The van der Waals surface area contributed by atoms with Crippen LogP contribution in [0.25, 0.3) is 0 Å². The molecule has 0 amide bonds. The number of halogens is 1. The Hall–Kier alpha value is -0.170. The fraction of sp³-hybridized carbons (Fsp3) is 0.750. The van der Waals surface area contributed by atoms with Crippen molar-refractivity contribution >= 4 is 12.4 Å². The normalized spacial score (nSPS) is 10.9. The Balaban J connectivity index is 0. The van der Waals surface area contributed by atoms with Crippen LogP contribution < -0.4 is 5.73 Å². The molecule has 0 fully saturated rings. The third-order valence-corrected chi connectivity index (χ3v) is 1.41. The molecule has 0 radical (unpaired) electrons. The molecule has 0 aliphatic rings. The molecule has 0 aromatic heterocycles. The number of nitrogens with two attached hydrogens (primary N) is 1. The van der Waals surface area contributed by atoms with Gasteiger partial charge in [-0.05, 0) is 12.5 Å². The minimum atomic E-state index is -1.41. The van der Waals surface area contributed by atoms with Crippen LogP contribution in [0.5, 0.6) is 0 Å². The van der Waals surface area contributed by atoms with Crippen molar-refractivity contribution in [3.05, 3.63) is 12.2 Å². The number of hydrogen-bond donors (Lipinski definition) is 3. The first-order chi connectivity index (χ1) is 6.06. The van der Waals surface area contributed by atoms with E-state index in [0.717, 1.165) is 0 Å². The number of aliphatic hydroxyl groups is 2. The molecule has 0 spiro atoms. The lowest BCUT2D eigenvalue weighted by molar-refractivity contribution is -0.214. The van der Waals surface area contributed by atoms with Crippen molar-refractivity contribution in [1.29, 1.82) is 0 Å². The van der Waals surface area contributed by atoms with Gasteiger partial charge in [0.05, 0.1) is 26.4 Å². The lowest BCUT2D eigenvalue weighted by Gasteiger charge is -2.29. The first-order valence-corrected chi connectivity index (χ1v) is 4.01. The van der Waals surface area contributed by atoms with E-state index in [1.165, 1.54) is 0 Å². The van der Waals surface area contributed by atoms with E-state index in [4.69, 9.17) is 25.4 Å². The monoisotopic (exact) mass is 227 g/mol. The van der Waals surface area contributed by atoms with Crippen LogP contribution in [-0.4, -0.2) is 42.6 Å². The zero-order chi connectivity index (χ0) is 10.3. The molecule has 0 aliphatic heterocycles. The van der Waals surface area contributed by atoms with Gasteiger partial charge in [-0.25, -0.2) is 0 Å². The van der Waals surface area contributed by atoms with Crippen molar-refractivity contribution in [2.75, 3.05) is 26.4 Å². The van der Waals surface area contributed by atoms with E-state index >= 15 is 0 Å². The largest absolute Gasteiger partial charge is 0.394 e. The molecular formula is C8H18ClNO4. The van der Waals surface area contributed by atoms with Gasteiger partial charge in [-0.2, -0.15) is 0 Å². The van der Waals surface area contributed by atoms with Crippen molar-refractivity contribution < 1.29 is 19.7 Å². The molecule has 6 heteroatoms. The summed E-state index contributed by atoms with van der Waals surface area (Å²) < 4.78 is 10.1. The summed E-state index contributed by atoms with van der Waals surface area (Å²) in [4.78, 5) is 0. The average molecular weight is 228 g/mol. The van der Waals surface area contributed by atoms with E-state index < -0.39 is 5.91 Å². The minimum absolute atomic E-state index is 0. The van der Waals surface area contributed by atoms with E-state index in [1.807, 2.05) is 0 Å². The topological polar surface area (TPSA) is 84.9 Å². The maximum Gasteiger partial charge on any atom is 0.248 e. The Kier molecular flexibility index (Phi) is 9.49. The molecule has 4 N–H and O–H groups in total. The quantitative estimate of drug-likeness (QED) is 0.408. The second-order valence-electron chi connectivity index (χ2n) is 2.59. The Labute approximate surface area is 89.9 Å². The molecule has 0 aromatic rings. The number of rotatable bonds is 7. The van der Waals surface area contributed by atoms with E-state index in [2.05, 4.69) is 6.58 Å². The van der Waals surface area contributed by atoms with Gasteiger partial charge in [0.25, 0.3) is 0 Å². The van der Waals surface area contributed by atoms with Crippen LogP contribution in [0.2, 0.25) is 0 Å². The van der Waals surface area contributed by atoms with E-state index in [1.54, 1.807) is 6.92 Å². The summed E-state index contributed by atoms with van der Waals surface area (Å²) in [5, 5.41) is 17.0. The van der Waals surface area contributed by atoms with Crippen LogP contribution in [0.1, 0.15) is 6.92 Å². The van der Waals surface area contributed by atoms with E-state index in [9.17, 15) is 0 Å². The summed E-state index contributed by atoms with van der Waals surface area (Å²) in [5.41, 5.74) is 6.13. The standard InChI is InChI=1S/C8H17NO4.ClH/c1-7(2)8(9,12-5-3-10)13-6-4-11;/h10-11H,1,3-6,9H2,2H3;1H. The van der Waals surface area contributed by atoms with Gasteiger partial charge in [-0.3, -0.25) is 5.73 Å². The first-order valence-electron chi connectivity index (χ1n) is 4.01. The lowest BCUT2D eigenvalue weighted by atomic mass is 10.2. The lowest BCUT2D eigenvalue weighted by Crippen LogP contribution is -2.47. The maximum atomic E-state index is 8.52. The molecule has 0 heterocycles. The van der Waals surface area contributed by atoms with Crippen molar-refractivity contribution in [3.63, 3.8) is 0 Å². The zero-order valence-electron chi connectivity index (χ0n) is 8.23. The van der Waals surface area contributed by atoms with Gasteiger partial charge in [-0.15, -0.1) is 12.4 Å².